The number of pyridine rings is 1. The van der Waals surface area contributed by atoms with E-state index >= 15 is 0 Å². The van der Waals surface area contributed by atoms with E-state index in [0.29, 0.717) is 0 Å². The topological polar surface area (TPSA) is 50.7 Å². The van der Waals surface area contributed by atoms with Gasteiger partial charge >= 0.3 is 0 Å². The molecule has 0 aromatic carbocycles. The Morgan fingerprint density at radius 2 is 1.88 bits per heavy atom. The maximum Gasteiger partial charge on any atom is 0.115 e. The second kappa shape index (κ2) is 5.32. The summed E-state index contributed by atoms with van der Waals surface area (Å²) in [5.41, 5.74) is 2.25. The van der Waals surface area contributed by atoms with Gasteiger partial charge in [-0.2, -0.15) is 0 Å². The van der Waals surface area contributed by atoms with Crippen molar-refractivity contribution in [3.8, 4) is 0 Å². The van der Waals surface area contributed by atoms with Gasteiger partial charge in [-0.3, -0.25) is 4.98 Å². The van der Waals surface area contributed by atoms with Crippen molar-refractivity contribution >= 4 is 0 Å². The number of hydrogen-bond donors (Lipinski definition) is 1. The zero-order valence-electron chi connectivity index (χ0n) is 9.17. The zero-order valence-corrected chi connectivity index (χ0v) is 9.17. The van der Waals surface area contributed by atoms with Crippen LogP contribution in [0.3, 0.4) is 0 Å². The number of nitrogens with zero attached hydrogens (tertiary/aromatic N) is 3. The van der Waals surface area contributed by atoms with Gasteiger partial charge in [0.05, 0.1) is 11.7 Å². The molecule has 0 saturated carbocycles. The highest BCUT2D eigenvalue weighted by atomic mass is 14.9. The first-order valence-corrected chi connectivity index (χ1v) is 5.22. The number of aromatic nitrogens is 3. The highest BCUT2D eigenvalue weighted by Crippen LogP contribution is 2.14. The fraction of sp³-hybridized carbons (Fsp3) is 0.250. The van der Waals surface area contributed by atoms with E-state index < -0.39 is 0 Å². The molecule has 0 spiro atoms. The van der Waals surface area contributed by atoms with Gasteiger partial charge in [0.2, 0.25) is 0 Å². The van der Waals surface area contributed by atoms with Gasteiger partial charge in [0.15, 0.2) is 0 Å². The van der Waals surface area contributed by atoms with Crippen molar-refractivity contribution in [3.05, 3.63) is 54.4 Å². The molecule has 0 aliphatic heterocycles. The summed E-state index contributed by atoms with van der Waals surface area (Å²) >= 11 is 0. The zero-order chi connectivity index (χ0) is 11.2. The van der Waals surface area contributed by atoms with Gasteiger partial charge in [-0.25, -0.2) is 9.97 Å². The molecule has 0 aliphatic rings. The SMILES string of the molecule is CNC(Cc1ccncc1)c1ccncn1. The van der Waals surface area contributed by atoms with Crippen molar-refractivity contribution in [2.75, 3.05) is 7.05 Å². The number of nitrogens with one attached hydrogen (secondary N) is 1. The van der Waals surface area contributed by atoms with E-state index in [9.17, 15) is 0 Å². The third kappa shape index (κ3) is 2.61. The van der Waals surface area contributed by atoms with Gasteiger partial charge in [0.25, 0.3) is 0 Å². The average Bonchev–Trinajstić information content (AvgIpc) is 2.38. The molecule has 0 fully saturated rings. The molecule has 2 aromatic heterocycles. The first-order chi connectivity index (χ1) is 7.90. The van der Waals surface area contributed by atoms with Crippen LogP contribution in [0.5, 0.6) is 0 Å². The van der Waals surface area contributed by atoms with Gasteiger partial charge in [0.1, 0.15) is 6.33 Å². The fourth-order valence-corrected chi connectivity index (χ4v) is 1.62. The molecule has 16 heavy (non-hydrogen) atoms. The maximum absolute atomic E-state index is 4.26. The van der Waals surface area contributed by atoms with Crippen LogP contribution in [0, 0.1) is 0 Å². The van der Waals surface area contributed by atoms with E-state index in [1.54, 1.807) is 12.5 Å². The quantitative estimate of drug-likeness (QED) is 0.835. The van der Waals surface area contributed by atoms with Gasteiger partial charge in [-0.15, -0.1) is 0 Å². The average molecular weight is 214 g/mol. The molecule has 0 aliphatic carbocycles. The highest BCUT2D eigenvalue weighted by Gasteiger charge is 2.10. The predicted molar refractivity (Wildman–Crippen MR) is 61.8 cm³/mol. The molecular formula is C12H14N4. The Morgan fingerprint density at radius 1 is 1.12 bits per heavy atom. The molecule has 2 aromatic rings. The lowest BCUT2D eigenvalue weighted by Gasteiger charge is -2.15. The Balaban J connectivity index is 2.13. The number of hydrogen-bond acceptors (Lipinski definition) is 4. The van der Waals surface area contributed by atoms with Gasteiger partial charge in [0, 0.05) is 18.6 Å². The van der Waals surface area contributed by atoms with Crippen molar-refractivity contribution in [2.45, 2.75) is 12.5 Å². The minimum atomic E-state index is 0.213. The van der Waals surface area contributed by atoms with Crippen molar-refractivity contribution in [1.29, 1.82) is 0 Å². The summed E-state index contributed by atoms with van der Waals surface area (Å²) in [6.45, 7) is 0. The summed E-state index contributed by atoms with van der Waals surface area (Å²) in [6, 6.07) is 6.18. The van der Waals surface area contributed by atoms with Crippen molar-refractivity contribution in [3.63, 3.8) is 0 Å². The largest absolute Gasteiger partial charge is 0.311 e. The summed E-state index contributed by atoms with van der Waals surface area (Å²) in [7, 11) is 1.94. The van der Waals surface area contributed by atoms with Crippen LogP contribution in [-0.2, 0) is 6.42 Å². The van der Waals surface area contributed by atoms with Gasteiger partial charge in [-0.05, 0) is 37.2 Å². The van der Waals surface area contributed by atoms with Crippen molar-refractivity contribution < 1.29 is 0 Å². The van der Waals surface area contributed by atoms with Crippen LogP contribution in [0.25, 0.3) is 0 Å². The minimum absolute atomic E-state index is 0.213. The molecule has 82 valence electrons. The summed E-state index contributed by atoms with van der Waals surface area (Å²) in [6.07, 6.45) is 7.85. The Kier molecular flexibility index (Phi) is 3.56. The second-order valence-electron chi connectivity index (χ2n) is 3.54. The number of rotatable bonds is 4. The Morgan fingerprint density at radius 3 is 2.50 bits per heavy atom. The molecule has 1 atom stereocenters. The molecule has 1 N–H and O–H groups in total. The highest BCUT2D eigenvalue weighted by molar-refractivity contribution is 5.15. The van der Waals surface area contributed by atoms with E-state index in [2.05, 4.69) is 20.3 Å². The van der Waals surface area contributed by atoms with Crippen LogP contribution in [0.1, 0.15) is 17.3 Å². The molecule has 4 nitrogen and oxygen atoms in total. The lowest BCUT2D eigenvalue weighted by atomic mass is 10.0. The first-order valence-electron chi connectivity index (χ1n) is 5.22. The van der Waals surface area contributed by atoms with E-state index in [1.807, 2.05) is 37.6 Å². The van der Waals surface area contributed by atoms with Crippen LogP contribution in [-0.4, -0.2) is 22.0 Å². The molecule has 4 heteroatoms. The third-order valence-corrected chi connectivity index (χ3v) is 2.50. The molecule has 2 heterocycles. The van der Waals surface area contributed by atoms with E-state index in [4.69, 9.17) is 0 Å². The Bertz CT molecular complexity index is 416. The molecule has 0 amide bonds. The maximum atomic E-state index is 4.26. The van der Waals surface area contributed by atoms with E-state index in [1.165, 1.54) is 5.56 Å². The van der Waals surface area contributed by atoms with Crippen molar-refractivity contribution in [1.82, 2.24) is 20.3 Å². The predicted octanol–water partition coefficient (Wildman–Crippen LogP) is 1.37. The molecule has 1 unspecified atom stereocenters. The summed E-state index contributed by atoms with van der Waals surface area (Å²) < 4.78 is 0. The summed E-state index contributed by atoms with van der Waals surface area (Å²) in [5, 5.41) is 3.26. The Hall–Kier alpha value is -1.81. The molecule has 0 bridgehead atoms. The van der Waals surface area contributed by atoms with Crippen LogP contribution in [0.15, 0.2) is 43.1 Å². The lowest BCUT2D eigenvalue weighted by Crippen LogP contribution is -2.20. The van der Waals surface area contributed by atoms with Crippen LogP contribution in [0.4, 0.5) is 0 Å². The molecule has 2 rings (SSSR count). The molecule has 0 saturated heterocycles. The fourth-order valence-electron chi connectivity index (χ4n) is 1.62. The minimum Gasteiger partial charge on any atom is -0.311 e. The van der Waals surface area contributed by atoms with Gasteiger partial charge < -0.3 is 5.32 Å². The van der Waals surface area contributed by atoms with Crippen LogP contribution >= 0.6 is 0 Å². The van der Waals surface area contributed by atoms with Crippen LogP contribution < -0.4 is 5.32 Å². The monoisotopic (exact) mass is 214 g/mol. The lowest BCUT2D eigenvalue weighted by molar-refractivity contribution is 0.574. The molecule has 0 radical (unpaired) electrons. The van der Waals surface area contributed by atoms with E-state index in [0.717, 1.165) is 12.1 Å². The Labute approximate surface area is 94.8 Å². The van der Waals surface area contributed by atoms with Crippen LogP contribution in [0.2, 0.25) is 0 Å². The molecular weight excluding hydrogens is 200 g/mol. The summed E-state index contributed by atoms with van der Waals surface area (Å²) in [5.74, 6) is 0. The smallest absolute Gasteiger partial charge is 0.115 e. The van der Waals surface area contributed by atoms with Crippen molar-refractivity contribution in [2.24, 2.45) is 0 Å². The van der Waals surface area contributed by atoms with Gasteiger partial charge in [-0.1, -0.05) is 0 Å². The standard InChI is InChI=1S/C12H14N4/c1-13-12(11-4-7-15-9-16-11)8-10-2-5-14-6-3-10/h2-7,9,12-13H,8H2,1H3. The number of likely N-dealkylation sites (N-methyl/N-ethyl adjacent to an activating group) is 1. The first kappa shape index (κ1) is 10.7. The van der Waals surface area contributed by atoms with E-state index in [-0.39, 0.29) is 6.04 Å². The third-order valence-electron chi connectivity index (χ3n) is 2.50. The second-order valence-corrected chi connectivity index (χ2v) is 3.54. The summed E-state index contributed by atoms with van der Waals surface area (Å²) in [4.78, 5) is 12.2. The normalized spacial score (nSPS) is 12.3.